The number of hydrogen-bond acceptors (Lipinski definition) is 8. The van der Waals surface area contributed by atoms with Crippen molar-refractivity contribution in [2.45, 2.75) is 125 Å². The van der Waals surface area contributed by atoms with Crippen LogP contribution in [0.5, 0.6) is 0 Å². The lowest BCUT2D eigenvalue weighted by atomic mass is 9.82. The summed E-state index contributed by atoms with van der Waals surface area (Å²) < 4.78 is 0. The summed E-state index contributed by atoms with van der Waals surface area (Å²) in [5.74, 6) is -2.26. The maximum absolute atomic E-state index is 15.8. The van der Waals surface area contributed by atoms with E-state index in [2.05, 4.69) is 85.2 Å². The number of benzene rings is 6. The number of anilines is 7. The van der Waals surface area contributed by atoms with Crippen molar-refractivity contribution in [2.24, 2.45) is 5.73 Å². The van der Waals surface area contributed by atoms with Crippen molar-refractivity contribution in [3.05, 3.63) is 147 Å². The topological polar surface area (TPSA) is 137 Å². The van der Waals surface area contributed by atoms with Gasteiger partial charge in [-0.2, -0.15) is 0 Å². The Morgan fingerprint density at radius 1 is 0.500 bits per heavy atom. The number of imide groups is 2. The number of rotatable bonds is 17. The van der Waals surface area contributed by atoms with Crippen molar-refractivity contribution in [1.29, 1.82) is 0 Å². The first-order valence-electron chi connectivity index (χ1n) is 24.5. The first-order chi connectivity index (χ1) is 32.6. The van der Waals surface area contributed by atoms with Crippen LogP contribution in [0.15, 0.2) is 97.1 Å². The summed E-state index contributed by atoms with van der Waals surface area (Å²) in [4.78, 5) is 65.4. The number of carbonyl (C=O) groups excluding carboxylic acids is 4. The van der Waals surface area contributed by atoms with E-state index in [1.807, 2.05) is 84.9 Å². The second kappa shape index (κ2) is 19.4. The minimum Gasteiger partial charge on any atom is -0.385 e. The molecular weight excluding hydrogens is 845 g/mol. The van der Waals surface area contributed by atoms with E-state index < -0.39 is 23.6 Å². The lowest BCUT2D eigenvalue weighted by Gasteiger charge is -2.37. The van der Waals surface area contributed by atoms with E-state index >= 15 is 19.2 Å². The third-order valence-electron chi connectivity index (χ3n) is 13.5. The predicted octanol–water partition coefficient (Wildman–Crippen LogP) is 14.4. The zero-order valence-electron chi connectivity index (χ0n) is 41.3. The van der Waals surface area contributed by atoms with Gasteiger partial charge in [0.05, 0.1) is 45.0 Å². The first-order valence-corrected chi connectivity index (χ1v) is 24.5. The van der Waals surface area contributed by atoms with Gasteiger partial charge in [0.1, 0.15) is 0 Å². The molecule has 0 aliphatic carbocycles. The third-order valence-corrected chi connectivity index (χ3v) is 13.5. The van der Waals surface area contributed by atoms with Crippen LogP contribution >= 0.6 is 0 Å². The number of nitrogens with zero attached hydrogens (tertiary/aromatic N) is 2. The summed E-state index contributed by atoms with van der Waals surface area (Å²) in [7, 11) is 0. The molecular formula is C58H66N6O4. The van der Waals surface area contributed by atoms with Gasteiger partial charge in [0.2, 0.25) is 0 Å². The van der Waals surface area contributed by atoms with Gasteiger partial charge < -0.3 is 21.7 Å². The van der Waals surface area contributed by atoms with Gasteiger partial charge in [-0.3, -0.25) is 19.2 Å². The molecule has 6 aromatic rings. The molecule has 68 heavy (non-hydrogen) atoms. The molecule has 0 radical (unpaired) electrons. The van der Waals surface area contributed by atoms with Crippen molar-refractivity contribution < 1.29 is 19.2 Å². The second-order valence-electron chi connectivity index (χ2n) is 19.6. The van der Waals surface area contributed by atoms with Gasteiger partial charge in [-0.25, -0.2) is 9.80 Å². The molecule has 5 N–H and O–H groups in total. The van der Waals surface area contributed by atoms with Gasteiger partial charge in [0.25, 0.3) is 23.6 Å². The van der Waals surface area contributed by atoms with Crippen LogP contribution in [0.1, 0.15) is 194 Å². The van der Waals surface area contributed by atoms with Gasteiger partial charge in [-0.05, 0) is 113 Å². The Bertz CT molecular complexity index is 2880. The van der Waals surface area contributed by atoms with Gasteiger partial charge in [-0.15, -0.1) is 0 Å². The maximum Gasteiger partial charge on any atom is 0.268 e. The molecule has 0 fully saturated rings. The minimum absolute atomic E-state index is 0.0283. The summed E-state index contributed by atoms with van der Waals surface area (Å²) in [5, 5.41) is 11.1. The summed E-state index contributed by atoms with van der Waals surface area (Å²) in [6.45, 7) is 21.6. The largest absolute Gasteiger partial charge is 0.385 e. The Labute approximate surface area is 401 Å². The number of hydrogen-bond donors (Lipinski definition) is 4. The maximum atomic E-state index is 15.8. The minimum atomic E-state index is -0.541. The van der Waals surface area contributed by atoms with Crippen LogP contribution in [0, 0.1) is 0 Å². The molecule has 0 aromatic heterocycles. The molecule has 6 aromatic carbocycles. The standard InChI is InChI=1S/C58H66N6O4/c1-11-13-29-60-37-25-27-39(28-26-37)62-48-31-45-49-50-44(55(65)64(58(68)52(48)50)54-42(34(7)8)19-15-20-43(54)35(9)10)30-47(61-38-23-21-36(22-24-38)46(59)16-12-2)51(49)57(67)63(56(45)66)53-40(32(3)4)17-14-18-41(53)33(5)6/h14-15,17-28,30-35,46,60-62H,11-13,16,29,59H2,1-10H3. The Morgan fingerprint density at radius 3 is 1.25 bits per heavy atom. The van der Waals surface area contributed by atoms with Crippen molar-refractivity contribution in [3.8, 4) is 0 Å². The van der Waals surface area contributed by atoms with Crippen LogP contribution in [-0.4, -0.2) is 30.2 Å². The van der Waals surface area contributed by atoms with Crippen LogP contribution in [-0.2, 0) is 0 Å². The molecule has 8 rings (SSSR count). The molecule has 1 unspecified atom stereocenters. The Hall–Kier alpha value is -6.78. The molecule has 0 saturated heterocycles. The SMILES string of the molecule is CCCCNc1ccc(Nc2cc3c4c(c(Nc5ccc(C(N)CCC)cc5)cc5c4c2C(=O)N(c2c(C(C)C)cccc2C(C)C)C5=O)C(=O)N(c2c(C(C)C)cccc2C(C)C)C3=O)cc1. The second-order valence-corrected chi connectivity index (χ2v) is 19.6. The van der Waals surface area contributed by atoms with Crippen molar-refractivity contribution >= 4 is 74.2 Å². The predicted molar refractivity (Wildman–Crippen MR) is 280 cm³/mol. The number of unbranched alkanes of at least 4 members (excludes halogenated alkanes) is 1. The number of nitrogens with two attached hydrogens (primary N) is 1. The average Bonchev–Trinajstić information content (AvgIpc) is 3.31. The summed E-state index contributed by atoms with van der Waals surface area (Å²) in [6, 6.07) is 30.8. The molecule has 0 bridgehead atoms. The van der Waals surface area contributed by atoms with Gasteiger partial charge in [-0.1, -0.05) is 131 Å². The highest BCUT2D eigenvalue weighted by atomic mass is 16.2. The zero-order valence-corrected chi connectivity index (χ0v) is 41.3. The highest BCUT2D eigenvalue weighted by Crippen LogP contribution is 2.50. The van der Waals surface area contributed by atoms with Gasteiger partial charge in [0, 0.05) is 40.4 Å². The van der Waals surface area contributed by atoms with Crippen LogP contribution in [0.2, 0.25) is 0 Å². The number of amides is 4. The molecule has 352 valence electrons. The number of nitrogens with one attached hydrogen (secondary N) is 3. The fraction of sp³-hybridized carbons (Fsp3) is 0.345. The Balaban J connectivity index is 1.44. The molecule has 2 aliphatic heterocycles. The van der Waals surface area contributed by atoms with Gasteiger partial charge in [0.15, 0.2) is 0 Å². The molecule has 2 heterocycles. The summed E-state index contributed by atoms with van der Waals surface area (Å²) >= 11 is 0. The van der Waals surface area contributed by atoms with E-state index in [9.17, 15) is 0 Å². The number of carbonyl (C=O) groups is 4. The van der Waals surface area contributed by atoms with Crippen molar-refractivity contribution in [1.82, 2.24) is 0 Å². The van der Waals surface area contributed by atoms with Crippen molar-refractivity contribution in [2.75, 3.05) is 32.3 Å². The van der Waals surface area contributed by atoms with Crippen LogP contribution in [0.4, 0.5) is 39.8 Å². The fourth-order valence-corrected chi connectivity index (χ4v) is 9.89. The Morgan fingerprint density at radius 2 is 0.882 bits per heavy atom. The molecule has 0 saturated carbocycles. The number of para-hydroxylation sites is 2. The molecule has 10 heteroatoms. The van der Waals surface area contributed by atoms with Gasteiger partial charge >= 0.3 is 0 Å². The zero-order chi connectivity index (χ0) is 48.7. The smallest absolute Gasteiger partial charge is 0.268 e. The summed E-state index contributed by atoms with van der Waals surface area (Å²) in [6.07, 6.45) is 3.88. The molecule has 4 amide bonds. The van der Waals surface area contributed by atoms with E-state index in [1.165, 1.54) is 9.80 Å². The third kappa shape index (κ3) is 8.55. The molecule has 2 aliphatic rings. The van der Waals surface area contributed by atoms with E-state index in [0.717, 1.165) is 65.7 Å². The van der Waals surface area contributed by atoms with Crippen LogP contribution in [0.3, 0.4) is 0 Å². The Kier molecular flexibility index (Phi) is 13.6. The molecule has 10 nitrogen and oxygen atoms in total. The monoisotopic (exact) mass is 911 g/mol. The van der Waals surface area contributed by atoms with E-state index in [4.69, 9.17) is 5.73 Å². The van der Waals surface area contributed by atoms with E-state index in [0.29, 0.717) is 34.1 Å². The summed E-state index contributed by atoms with van der Waals surface area (Å²) in [5.41, 5.74) is 15.9. The first kappa shape index (κ1) is 47.7. The van der Waals surface area contributed by atoms with Crippen LogP contribution < -0.4 is 31.5 Å². The molecule has 0 spiro atoms. The van der Waals surface area contributed by atoms with Crippen LogP contribution in [0.25, 0.3) is 10.8 Å². The molecule has 1 atom stereocenters. The highest BCUT2D eigenvalue weighted by Gasteiger charge is 2.46. The van der Waals surface area contributed by atoms with Crippen molar-refractivity contribution in [3.63, 3.8) is 0 Å². The normalized spacial score (nSPS) is 14.0. The van der Waals surface area contributed by atoms with E-state index in [-0.39, 0.29) is 62.7 Å². The lowest BCUT2D eigenvalue weighted by molar-refractivity contribution is 0.0873. The van der Waals surface area contributed by atoms with E-state index in [1.54, 1.807) is 12.1 Å². The highest BCUT2D eigenvalue weighted by molar-refractivity contribution is 6.45. The fourth-order valence-electron chi connectivity index (χ4n) is 9.89. The quantitative estimate of drug-likeness (QED) is 0.0524. The average molecular weight is 911 g/mol. The lowest BCUT2D eigenvalue weighted by Crippen LogP contribution is -2.45.